The number of rotatable bonds is 5. The number of ether oxygens (including phenoxy) is 1. The Morgan fingerprint density at radius 2 is 2.09 bits per heavy atom. The summed E-state index contributed by atoms with van der Waals surface area (Å²) in [5, 5.41) is 3.94. The van der Waals surface area contributed by atoms with Crippen molar-refractivity contribution in [3.63, 3.8) is 0 Å². The Kier molecular flexibility index (Phi) is 5.20. The minimum atomic E-state index is 0.256. The van der Waals surface area contributed by atoms with Gasteiger partial charge in [0.25, 0.3) is 0 Å². The van der Waals surface area contributed by atoms with Gasteiger partial charge in [-0.1, -0.05) is 33.2 Å². The molecule has 1 saturated heterocycles. The average molecular weight is 367 g/mol. The van der Waals surface area contributed by atoms with Crippen LogP contribution in [0.5, 0.6) is 0 Å². The molecule has 2 N–H and O–H groups in total. The van der Waals surface area contributed by atoms with Crippen LogP contribution < -0.4 is 5.73 Å². The minimum Gasteiger partial charge on any atom is -0.379 e. The summed E-state index contributed by atoms with van der Waals surface area (Å²) in [5.74, 6) is 1.02. The molecule has 22 heavy (non-hydrogen) atoms. The Labute approximate surface area is 137 Å². The summed E-state index contributed by atoms with van der Waals surface area (Å²) in [4.78, 5) is 6.67. The molecular weight excluding hydrogens is 348 g/mol. The molecule has 3 rings (SSSR count). The zero-order chi connectivity index (χ0) is 15.4. The quantitative estimate of drug-likeness (QED) is 0.869. The molecular formula is C15H19BrN4O2. The van der Waals surface area contributed by atoms with Crippen LogP contribution >= 0.6 is 15.9 Å². The minimum absolute atomic E-state index is 0.256. The summed E-state index contributed by atoms with van der Waals surface area (Å²) in [5.41, 5.74) is 7.68. The Balaban J connectivity index is 1.66. The molecule has 0 unspecified atom stereocenters. The van der Waals surface area contributed by atoms with E-state index in [0.29, 0.717) is 11.7 Å². The highest BCUT2D eigenvalue weighted by molar-refractivity contribution is 9.10. The molecule has 0 bridgehead atoms. The SMILES string of the molecule is NCc1nc(-c2ccc(CCN3CCOCC3)c(Br)c2)no1. The predicted molar refractivity (Wildman–Crippen MR) is 86.3 cm³/mol. The Morgan fingerprint density at radius 3 is 2.77 bits per heavy atom. The van der Waals surface area contributed by atoms with Gasteiger partial charge in [-0.05, 0) is 18.1 Å². The van der Waals surface area contributed by atoms with Gasteiger partial charge in [-0.15, -0.1) is 0 Å². The largest absolute Gasteiger partial charge is 0.379 e. The first-order valence-electron chi connectivity index (χ1n) is 7.38. The van der Waals surface area contributed by atoms with Gasteiger partial charge in [0.2, 0.25) is 11.7 Å². The van der Waals surface area contributed by atoms with Crippen molar-refractivity contribution in [2.24, 2.45) is 5.73 Å². The summed E-state index contributed by atoms with van der Waals surface area (Å²) >= 11 is 3.64. The number of morpholine rings is 1. The monoisotopic (exact) mass is 366 g/mol. The lowest BCUT2D eigenvalue weighted by atomic mass is 10.1. The van der Waals surface area contributed by atoms with E-state index < -0.39 is 0 Å². The Hall–Kier alpha value is -1.28. The molecule has 6 nitrogen and oxygen atoms in total. The van der Waals surface area contributed by atoms with Crippen molar-refractivity contribution in [3.05, 3.63) is 34.1 Å². The molecule has 1 aliphatic rings. The number of hydrogen-bond acceptors (Lipinski definition) is 6. The fraction of sp³-hybridized carbons (Fsp3) is 0.467. The van der Waals surface area contributed by atoms with E-state index in [9.17, 15) is 0 Å². The van der Waals surface area contributed by atoms with E-state index in [1.54, 1.807) is 0 Å². The lowest BCUT2D eigenvalue weighted by Gasteiger charge is -2.26. The van der Waals surface area contributed by atoms with Crippen LogP contribution in [-0.4, -0.2) is 47.9 Å². The smallest absolute Gasteiger partial charge is 0.240 e. The van der Waals surface area contributed by atoms with Crippen molar-refractivity contribution in [1.82, 2.24) is 15.0 Å². The Bertz CT molecular complexity index is 626. The number of benzene rings is 1. The molecule has 0 atom stereocenters. The van der Waals surface area contributed by atoms with Crippen LogP contribution in [0.2, 0.25) is 0 Å². The number of aromatic nitrogens is 2. The van der Waals surface area contributed by atoms with E-state index in [4.69, 9.17) is 15.0 Å². The molecule has 0 radical (unpaired) electrons. The lowest BCUT2D eigenvalue weighted by Crippen LogP contribution is -2.37. The summed E-state index contributed by atoms with van der Waals surface area (Å²) < 4.78 is 11.5. The van der Waals surface area contributed by atoms with Gasteiger partial charge in [-0.3, -0.25) is 4.90 Å². The first kappa shape index (κ1) is 15.6. The van der Waals surface area contributed by atoms with Gasteiger partial charge in [-0.25, -0.2) is 0 Å². The Morgan fingerprint density at radius 1 is 1.27 bits per heavy atom. The topological polar surface area (TPSA) is 77.4 Å². The highest BCUT2D eigenvalue weighted by atomic mass is 79.9. The number of hydrogen-bond donors (Lipinski definition) is 1. The number of halogens is 1. The zero-order valence-corrected chi connectivity index (χ0v) is 13.9. The maximum Gasteiger partial charge on any atom is 0.240 e. The molecule has 0 spiro atoms. The van der Waals surface area contributed by atoms with Crippen LogP contribution in [-0.2, 0) is 17.7 Å². The molecule has 1 aliphatic heterocycles. The van der Waals surface area contributed by atoms with Crippen molar-refractivity contribution in [1.29, 1.82) is 0 Å². The summed E-state index contributed by atoms with van der Waals surface area (Å²) in [6.45, 7) is 5.00. The fourth-order valence-corrected chi connectivity index (χ4v) is 3.02. The van der Waals surface area contributed by atoms with Crippen LogP contribution in [0.3, 0.4) is 0 Å². The van der Waals surface area contributed by atoms with Crippen molar-refractivity contribution >= 4 is 15.9 Å². The van der Waals surface area contributed by atoms with E-state index in [0.717, 1.165) is 49.3 Å². The van der Waals surface area contributed by atoms with Crippen LogP contribution in [0.1, 0.15) is 11.5 Å². The second-order valence-electron chi connectivity index (χ2n) is 5.23. The number of nitrogens with zero attached hydrogens (tertiary/aromatic N) is 3. The van der Waals surface area contributed by atoms with E-state index >= 15 is 0 Å². The summed E-state index contributed by atoms with van der Waals surface area (Å²) in [6, 6.07) is 6.16. The van der Waals surface area contributed by atoms with Crippen molar-refractivity contribution in [2.45, 2.75) is 13.0 Å². The third-order valence-corrected chi connectivity index (χ3v) is 4.49. The molecule has 2 aromatic rings. The van der Waals surface area contributed by atoms with Crippen LogP contribution in [0.15, 0.2) is 27.2 Å². The maximum atomic E-state index is 5.49. The highest BCUT2D eigenvalue weighted by Crippen LogP contribution is 2.25. The highest BCUT2D eigenvalue weighted by Gasteiger charge is 2.12. The van der Waals surface area contributed by atoms with Gasteiger partial charge in [0.15, 0.2) is 0 Å². The molecule has 0 aliphatic carbocycles. The number of nitrogens with two attached hydrogens (primary N) is 1. The van der Waals surface area contributed by atoms with Crippen molar-refractivity contribution < 1.29 is 9.26 Å². The zero-order valence-electron chi connectivity index (χ0n) is 12.3. The molecule has 118 valence electrons. The molecule has 7 heteroatoms. The van der Waals surface area contributed by atoms with Crippen molar-refractivity contribution in [3.8, 4) is 11.4 Å². The second-order valence-corrected chi connectivity index (χ2v) is 6.08. The van der Waals surface area contributed by atoms with Gasteiger partial charge in [0.1, 0.15) is 0 Å². The van der Waals surface area contributed by atoms with Gasteiger partial charge < -0.3 is 15.0 Å². The van der Waals surface area contributed by atoms with Gasteiger partial charge in [0, 0.05) is 29.7 Å². The normalized spacial score (nSPS) is 16.1. The lowest BCUT2D eigenvalue weighted by molar-refractivity contribution is 0.0384. The fourth-order valence-electron chi connectivity index (χ4n) is 2.45. The van der Waals surface area contributed by atoms with Gasteiger partial charge >= 0.3 is 0 Å². The van der Waals surface area contributed by atoms with E-state index in [1.807, 2.05) is 12.1 Å². The molecule has 1 fully saturated rings. The van der Waals surface area contributed by atoms with E-state index in [-0.39, 0.29) is 6.54 Å². The maximum absolute atomic E-state index is 5.49. The average Bonchev–Trinajstić information content (AvgIpc) is 3.04. The third kappa shape index (κ3) is 3.73. The van der Waals surface area contributed by atoms with Crippen LogP contribution in [0.4, 0.5) is 0 Å². The molecule has 0 amide bonds. The second kappa shape index (κ2) is 7.32. The molecule has 1 aromatic carbocycles. The van der Waals surface area contributed by atoms with E-state index in [2.05, 4.69) is 37.0 Å². The predicted octanol–water partition coefficient (Wildman–Crippen LogP) is 1.83. The summed E-state index contributed by atoms with van der Waals surface area (Å²) in [6.07, 6.45) is 1.00. The standard InChI is InChI=1S/C15H19BrN4O2/c16-13-9-12(15-18-14(10-17)22-19-15)2-1-11(13)3-4-20-5-7-21-8-6-20/h1-2,9H,3-8,10,17H2. The van der Waals surface area contributed by atoms with Crippen molar-refractivity contribution in [2.75, 3.05) is 32.8 Å². The van der Waals surface area contributed by atoms with E-state index in [1.165, 1.54) is 5.56 Å². The van der Waals surface area contributed by atoms with Gasteiger partial charge in [0.05, 0.1) is 19.8 Å². The first-order chi connectivity index (χ1) is 10.8. The molecule has 0 saturated carbocycles. The molecule has 1 aromatic heterocycles. The summed E-state index contributed by atoms with van der Waals surface area (Å²) in [7, 11) is 0. The van der Waals surface area contributed by atoms with Crippen LogP contribution in [0.25, 0.3) is 11.4 Å². The molecule has 2 heterocycles. The first-order valence-corrected chi connectivity index (χ1v) is 8.17. The van der Waals surface area contributed by atoms with Gasteiger partial charge in [-0.2, -0.15) is 4.98 Å². The third-order valence-electron chi connectivity index (χ3n) is 3.76. The van der Waals surface area contributed by atoms with Crippen LogP contribution in [0, 0.1) is 0 Å².